The summed E-state index contributed by atoms with van der Waals surface area (Å²) in [7, 11) is 4.38. The molecule has 0 saturated heterocycles. The standard InChI is InChI=1S/C33H35N5O2.CH4O/c1-22-18-27-28(34)13-9-15-30(27)38(22)33-35-29-14-8-7-12-26(29)32(36-33)37(20-23-10-5-4-6-11-23)21-24-16-17-25(39-2)19-31(24)40-3;1-2/h4-6,9-11,13,15-19H,7-8,12,14,20-21,34H2,1-3H3;2H,1H3. The minimum Gasteiger partial charge on any atom is -0.497 e. The molecular weight excluding hydrogens is 526 g/mol. The van der Waals surface area contributed by atoms with Gasteiger partial charge in [0.25, 0.3) is 0 Å². The lowest BCUT2D eigenvalue weighted by molar-refractivity contribution is 0.390. The molecule has 0 unspecified atom stereocenters. The van der Waals surface area contributed by atoms with Gasteiger partial charge in [-0.3, -0.25) is 4.57 Å². The molecule has 0 radical (unpaired) electrons. The molecule has 8 heteroatoms. The molecule has 0 fully saturated rings. The van der Waals surface area contributed by atoms with Gasteiger partial charge in [0, 0.05) is 54.2 Å². The number of ether oxygens (including phenoxy) is 2. The summed E-state index contributed by atoms with van der Waals surface area (Å²) in [5.41, 5.74) is 13.8. The van der Waals surface area contributed by atoms with Crippen LogP contribution in [-0.4, -0.2) is 41.0 Å². The van der Waals surface area contributed by atoms with E-state index in [0.29, 0.717) is 19.0 Å². The molecule has 0 bridgehead atoms. The third-order valence-corrected chi connectivity index (χ3v) is 7.78. The average molecular weight is 566 g/mol. The van der Waals surface area contributed by atoms with Crippen molar-refractivity contribution in [3.63, 3.8) is 0 Å². The first-order valence-electron chi connectivity index (χ1n) is 14.3. The van der Waals surface area contributed by atoms with Crippen LogP contribution in [0.3, 0.4) is 0 Å². The van der Waals surface area contributed by atoms with E-state index in [1.54, 1.807) is 14.2 Å². The van der Waals surface area contributed by atoms with Crippen LogP contribution in [0.2, 0.25) is 0 Å². The van der Waals surface area contributed by atoms with Crippen LogP contribution in [0.5, 0.6) is 11.5 Å². The summed E-state index contributed by atoms with van der Waals surface area (Å²) in [6.07, 6.45) is 4.18. The molecule has 3 aromatic carbocycles. The number of nitrogens with zero attached hydrogens (tertiary/aromatic N) is 4. The van der Waals surface area contributed by atoms with Crippen LogP contribution < -0.4 is 20.1 Å². The Labute approximate surface area is 247 Å². The zero-order valence-corrected chi connectivity index (χ0v) is 24.8. The van der Waals surface area contributed by atoms with E-state index in [0.717, 1.165) is 83.7 Å². The molecule has 218 valence electrons. The van der Waals surface area contributed by atoms with Gasteiger partial charge in [-0.1, -0.05) is 36.4 Å². The molecular formula is C34H39N5O3. The number of hydrogen-bond acceptors (Lipinski definition) is 7. The number of nitrogens with two attached hydrogens (primary N) is 1. The van der Waals surface area contributed by atoms with E-state index in [1.807, 2.05) is 24.3 Å². The predicted molar refractivity (Wildman–Crippen MR) is 169 cm³/mol. The van der Waals surface area contributed by atoms with Crippen molar-refractivity contribution in [2.24, 2.45) is 0 Å². The highest BCUT2D eigenvalue weighted by atomic mass is 16.5. The summed E-state index contributed by atoms with van der Waals surface area (Å²) in [5.74, 6) is 3.23. The lowest BCUT2D eigenvalue weighted by Crippen LogP contribution is -2.27. The first-order chi connectivity index (χ1) is 20.6. The molecule has 6 rings (SSSR count). The van der Waals surface area contributed by atoms with Crippen molar-refractivity contribution in [2.75, 3.05) is 32.0 Å². The second kappa shape index (κ2) is 13.0. The van der Waals surface area contributed by atoms with Gasteiger partial charge in [-0.25, -0.2) is 4.98 Å². The van der Waals surface area contributed by atoms with E-state index in [-0.39, 0.29) is 0 Å². The van der Waals surface area contributed by atoms with E-state index in [1.165, 1.54) is 11.1 Å². The fraction of sp³-hybridized carbons (Fsp3) is 0.294. The first kappa shape index (κ1) is 29.0. The average Bonchev–Trinajstić information content (AvgIpc) is 3.38. The van der Waals surface area contributed by atoms with E-state index in [4.69, 9.17) is 30.3 Å². The maximum Gasteiger partial charge on any atom is 0.236 e. The number of fused-ring (bicyclic) bond motifs is 2. The molecule has 2 aromatic heterocycles. The second-order valence-electron chi connectivity index (χ2n) is 10.4. The molecule has 42 heavy (non-hydrogen) atoms. The third kappa shape index (κ3) is 5.76. The Kier molecular flexibility index (Phi) is 8.93. The number of aromatic nitrogens is 3. The van der Waals surface area contributed by atoms with Gasteiger partial charge in [0.15, 0.2) is 0 Å². The van der Waals surface area contributed by atoms with Crippen molar-refractivity contribution in [2.45, 2.75) is 45.7 Å². The van der Waals surface area contributed by atoms with Crippen LogP contribution in [0, 0.1) is 6.92 Å². The second-order valence-corrected chi connectivity index (χ2v) is 10.4. The van der Waals surface area contributed by atoms with Gasteiger partial charge in [0.05, 0.1) is 25.4 Å². The number of anilines is 2. The quantitative estimate of drug-likeness (QED) is 0.222. The van der Waals surface area contributed by atoms with Crippen LogP contribution in [0.15, 0.2) is 72.8 Å². The van der Waals surface area contributed by atoms with Crippen LogP contribution >= 0.6 is 0 Å². The lowest BCUT2D eigenvalue weighted by Gasteiger charge is -2.30. The molecule has 3 N–H and O–H groups in total. The van der Waals surface area contributed by atoms with Crippen LogP contribution in [0.4, 0.5) is 11.5 Å². The maximum absolute atomic E-state index is 7.00. The highest BCUT2D eigenvalue weighted by molar-refractivity contribution is 5.93. The highest BCUT2D eigenvalue weighted by Gasteiger charge is 2.25. The topological polar surface area (TPSA) is 98.7 Å². The summed E-state index contributed by atoms with van der Waals surface area (Å²) >= 11 is 0. The molecule has 0 spiro atoms. The number of aliphatic hydroxyl groups excluding tert-OH is 1. The van der Waals surface area contributed by atoms with Gasteiger partial charge in [-0.05, 0) is 68.5 Å². The molecule has 2 heterocycles. The maximum atomic E-state index is 7.00. The van der Waals surface area contributed by atoms with Crippen molar-refractivity contribution in [3.8, 4) is 17.4 Å². The van der Waals surface area contributed by atoms with Gasteiger partial charge in [0.2, 0.25) is 5.95 Å². The summed E-state index contributed by atoms with van der Waals surface area (Å²) < 4.78 is 13.4. The number of benzene rings is 3. The van der Waals surface area contributed by atoms with Crippen molar-refractivity contribution >= 4 is 22.4 Å². The Balaban J connectivity index is 0.00000173. The molecule has 8 nitrogen and oxygen atoms in total. The monoisotopic (exact) mass is 565 g/mol. The van der Waals surface area contributed by atoms with E-state index in [2.05, 4.69) is 64.9 Å². The fourth-order valence-corrected chi connectivity index (χ4v) is 5.77. The van der Waals surface area contributed by atoms with Gasteiger partial charge < -0.3 is 25.2 Å². The zero-order valence-electron chi connectivity index (χ0n) is 24.8. The van der Waals surface area contributed by atoms with Gasteiger partial charge in [-0.15, -0.1) is 0 Å². The number of methoxy groups -OCH3 is 2. The third-order valence-electron chi connectivity index (χ3n) is 7.78. The SMILES string of the molecule is CO.COc1ccc(CN(Cc2ccccc2)c2nc(-n3c(C)cc4c(N)cccc43)nc3c2CCCC3)c(OC)c1. The molecule has 1 aliphatic carbocycles. The van der Waals surface area contributed by atoms with E-state index in [9.17, 15) is 0 Å². The Morgan fingerprint density at radius 1 is 0.881 bits per heavy atom. The highest BCUT2D eigenvalue weighted by Crippen LogP contribution is 2.35. The van der Waals surface area contributed by atoms with Crippen molar-refractivity contribution < 1.29 is 14.6 Å². The normalized spacial score (nSPS) is 12.3. The minimum absolute atomic E-state index is 0.628. The predicted octanol–water partition coefficient (Wildman–Crippen LogP) is 6.02. The van der Waals surface area contributed by atoms with E-state index < -0.39 is 0 Å². The number of rotatable bonds is 8. The van der Waals surface area contributed by atoms with Gasteiger partial charge in [0.1, 0.15) is 17.3 Å². The molecule has 0 aliphatic heterocycles. The molecule has 5 aromatic rings. The Morgan fingerprint density at radius 3 is 2.43 bits per heavy atom. The Hall–Kier alpha value is -4.56. The molecule has 1 aliphatic rings. The van der Waals surface area contributed by atoms with Crippen molar-refractivity contribution in [3.05, 3.63) is 101 Å². The van der Waals surface area contributed by atoms with Crippen molar-refractivity contribution in [1.29, 1.82) is 0 Å². The first-order valence-corrected chi connectivity index (χ1v) is 14.3. The number of aryl methyl sites for hydroxylation is 2. The minimum atomic E-state index is 0.628. The lowest BCUT2D eigenvalue weighted by atomic mass is 9.95. The molecule has 0 amide bonds. The van der Waals surface area contributed by atoms with Crippen molar-refractivity contribution in [1.82, 2.24) is 14.5 Å². The number of hydrogen-bond donors (Lipinski definition) is 2. The summed E-state index contributed by atoms with van der Waals surface area (Å²) in [4.78, 5) is 12.8. The van der Waals surface area contributed by atoms with Crippen LogP contribution in [-0.2, 0) is 25.9 Å². The molecule has 0 saturated carbocycles. The molecule has 0 atom stereocenters. The zero-order chi connectivity index (χ0) is 29.6. The van der Waals surface area contributed by atoms with Crippen LogP contribution in [0.25, 0.3) is 16.9 Å². The number of nitrogen functional groups attached to an aromatic ring is 1. The fourth-order valence-electron chi connectivity index (χ4n) is 5.77. The smallest absolute Gasteiger partial charge is 0.236 e. The van der Waals surface area contributed by atoms with Gasteiger partial charge in [-0.2, -0.15) is 4.98 Å². The van der Waals surface area contributed by atoms with Crippen LogP contribution in [0.1, 0.15) is 40.9 Å². The van der Waals surface area contributed by atoms with E-state index >= 15 is 0 Å². The summed E-state index contributed by atoms with van der Waals surface area (Å²) in [6, 6.07) is 24.7. The number of aliphatic hydroxyl groups is 1. The summed E-state index contributed by atoms with van der Waals surface area (Å²) in [6.45, 7) is 3.42. The Bertz CT molecular complexity index is 1670. The summed E-state index contributed by atoms with van der Waals surface area (Å²) in [5, 5.41) is 8.02. The Morgan fingerprint density at radius 2 is 1.67 bits per heavy atom. The largest absolute Gasteiger partial charge is 0.497 e. The van der Waals surface area contributed by atoms with Gasteiger partial charge >= 0.3 is 0 Å².